The van der Waals surface area contributed by atoms with Crippen molar-refractivity contribution in [2.45, 2.75) is 6.42 Å². The lowest BCUT2D eigenvalue weighted by molar-refractivity contribution is -0.120. The molecule has 1 amide bonds. The van der Waals surface area contributed by atoms with Crippen molar-refractivity contribution in [3.63, 3.8) is 0 Å². The summed E-state index contributed by atoms with van der Waals surface area (Å²) in [6.45, 7) is 0. The summed E-state index contributed by atoms with van der Waals surface area (Å²) in [5.74, 6) is -0.106. The quantitative estimate of drug-likeness (QED) is 0.681. The van der Waals surface area contributed by atoms with Gasteiger partial charge in [-0.25, -0.2) is 5.43 Å². The zero-order valence-corrected chi connectivity index (χ0v) is 11.9. The molecule has 0 aliphatic heterocycles. The summed E-state index contributed by atoms with van der Waals surface area (Å²) in [6.07, 6.45) is 1.99. The molecule has 0 aliphatic rings. The molecule has 92 valence electrons. The molecule has 0 bridgehead atoms. The molecule has 3 nitrogen and oxygen atoms in total. The Labute approximate surface area is 118 Å². The van der Waals surface area contributed by atoms with Crippen molar-refractivity contribution in [1.29, 1.82) is 0 Å². The van der Waals surface area contributed by atoms with Crippen LogP contribution in [0.15, 0.2) is 51.4 Å². The Morgan fingerprint density at radius 2 is 2.11 bits per heavy atom. The summed E-state index contributed by atoms with van der Waals surface area (Å²) in [4.78, 5) is 12.6. The van der Waals surface area contributed by atoms with E-state index in [1.807, 2.05) is 41.8 Å². The fourth-order valence-electron chi connectivity index (χ4n) is 1.34. The lowest BCUT2D eigenvalue weighted by Gasteiger charge is -1.97. The third kappa shape index (κ3) is 4.09. The first-order chi connectivity index (χ1) is 8.74. The highest BCUT2D eigenvalue weighted by Gasteiger charge is 2.01. The van der Waals surface area contributed by atoms with Crippen LogP contribution < -0.4 is 5.43 Å². The van der Waals surface area contributed by atoms with E-state index in [4.69, 9.17) is 0 Å². The van der Waals surface area contributed by atoms with Crippen molar-refractivity contribution in [2.75, 3.05) is 0 Å². The van der Waals surface area contributed by atoms with Gasteiger partial charge in [0.15, 0.2) is 0 Å². The van der Waals surface area contributed by atoms with E-state index in [1.165, 1.54) is 0 Å². The van der Waals surface area contributed by atoms with Crippen molar-refractivity contribution in [1.82, 2.24) is 5.43 Å². The fraction of sp³-hybridized carbons (Fsp3) is 0.0769. The molecule has 0 fully saturated rings. The van der Waals surface area contributed by atoms with Crippen molar-refractivity contribution in [3.05, 3.63) is 56.7 Å². The summed E-state index contributed by atoms with van der Waals surface area (Å²) in [6, 6.07) is 11.5. The minimum Gasteiger partial charge on any atom is -0.273 e. The van der Waals surface area contributed by atoms with Crippen molar-refractivity contribution >= 4 is 39.4 Å². The molecule has 2 rings (SSSR count). The number of thiophene rings is 1. The van der Waals surface area contributed by atoms with Gasteiger partial charge in [-0.15, -0.1) is 11.3 Å². The van der Waals surface area contributed by atoms with Gasteiger partial charge in [0.2, 0.25) is 5.91 Å². The zero-order chi connectivity index (χ0) is 12.8. The molecule has 1 N–H and O–H groups in total. The summed E-state index contributed by atoms with van der Waals surface area (Å²) in [7, 11) is 0. The molecule has 0 unspecified atom stereocenters. The Kier molecular flexibility index (Phi) is 4.66. The van der Waals surface area contributed by atoms with Gasteiger partial charge in [-0.1, -0.05) is 34.1 Å². The summed E-state index contributed by atoms with van der Waals surface area (Å²) in [5.41, 5.74) is 3.45. The summed E-state index contributed by atoms with van der Waals surface area (Å²) >= 11 is 4.92. The van der Waals surface area contributed by atoms with Crippen LogP contribution in [0.2, 0.25) is 0 Å². The second-order valence-corrected chi connectivity index (χ2v) is 5.55. The van der Waals surface area contributed by atoms with Gasteiger partial charge in [-0.3, -0.25) is 4.79 Å². The average Bonchev–Trinajstić information content (AvgIpc) is 2.84. The molecule has 0 atom stereocenters. The van der Waals surface area contributed by atoms with Gasteiger partial charge in [0.05, 0.1) is 12.6 Å². The zero-order valence-electron chi connectivity index (χ0n) is 9.47. The van der Waals surface area contributed by atoms with E-state index in [9.17, 15) is 4.79 Å². The number of nitrogens with one attached hydrogen (secondary N) is 1. The van der Waals surface area contributed by atoms with E-state index in [2.05, 4.69) is 26.5 Å². The number of carbonyl (C=O) groups is 1. The van der Waals surface area contributed by atoms with Gasteiger partial charge in [0.1, 0.15) is 0 Å². The molecule has 0 radical (unpaired) electrons. The molecule has 18 heavy (non-hydrogen) atoms. The van der Waals surface area contributed by atoms with Crippen LogP contribution in [0.3, 0.4) is 0 Å². The highest BCUT2D eigenvalue weighted by atomic mass is 79.9. The van der Waals surface area contributed by atoms with Crippen LogP contribution in [-0.2, 0) is 11.2 Å². The molecule has 5 heteroatoms. The Hall–Kier alpha value is -1.46. The van der Waals surface area contributed by atoms with Crippen LogP contribution in [0.25, 0.3) is 0 Å². The van der Waals surface area contributed by atoms with E-state index in [1.54, 1.807) is 17.6 Å². The lowest BCUT2D eigenvalue weighted by atomic mass is 10.2. The predicted molar refractivity (Wildman–Crippen MR) is 77.9 cm³/mol. The average molecular weight is 323 g/mol. The van der Waals surface area contributed by atoms with Gasteiger partial charge >= 0.3 is 0 Å². The molecule has 0 saturated heterocycles. The topological polar surface area (TPSA) is 41.5 Å². The molecule has 0 aliphatic carbocycles. The van der Waals surface area contributed by atoms with Crippen molar-refractivity contribution in [2.24, 2.45) is 5.10 Å². The SMILES string of the molecule is O=C(Cc1cccs1)N/N=C/c1ccc(Br)cc1. The number of carbonyl (C=O) groups excluding carboxylic acids is 1. The molecule has 1 aromatic carbocycles. The van der Waals surface area contributed by atoms with Crippen LogP contribution in [0.1, 0.15) is 10.4 Å². The Morgan fingerprint density at radius 3 is 2.78 bits per heavy atom. The summed E-state index contributed by atoms with van der Waals surface area (Å²) < 4.78 is 1.02. The number of halogens is 1. The predicted octanol–water partition coefficient (Wildman–Crippen LogP) is 3.20. The molecule has 1 heterocycles. The Morgan fingerprint density at radius 1 is 1.33 bits per heavy atom. The molecule has 2 aromatic rings. The Bertz CT molecular complexity index is 535. The van der Waals surface area contributed by atoms with Crippen LogP contribution in [0.5, 0.6) is 0 Å². The third-order valence-electron chi connectivity index (χ3n) is 2.19. The van der Waals surface area contributed by atoms with Crippen LogP contribution in [0, 0.1) is 0 Å². The lowest BCUT2D eigenvalue weighted by Crippen LogP contribution is -2.19. The third-order valence-corrected chi connectivity index (χ3v) is 3.59. The van der Waals surface area contributed by atoms with Gasteiger partial charge < -0.3 is 0 Å². The van der Waals surface area contributed by atoms with Crippen molar-refractivity contribution in [3.8, 4) is 0 Å². The first-order valence-electron chi connectivity index (χ1n) is 5.34. The maximum Gasteiger partial charge on any atom is 0.245 e. The van der Waals surface area contributed by atoms with E-state index < -0.39 is 0 Å². The molecule has 0 spiro atoms. The largest absolute Gasteiger partial charge is 0.273 e. The van der Waals surface area contributed by atoms with Gasteiger partial charge in [-0.05, 0) is 29.1 Å². The maximum absolute atomic E-state index is 11.5. The minimum absolute atomic E-state index is 0.106. The number of hydrazone groups is 1. The minimum atomic E-state index is -0.106. The van der Waals surface area contributed by atoms with E-state index >= 15 is 0 Å². The number of hydrogen-bond donors (Lipinski definition) is 1. The second kappa shape index (κ2) is 6.47. The first kappa shape index (κ1) is 13.0. The first-order valence-corrected chi connectivity index (χ1v) is 7.01. The Balaban J connectivity index is 1.84. The summed E-state index contributed by atoms with van der Waals surface area (Å²) in [5, 5.41) is 5.87. The smallest absolute Gasteiger partial charge is 0.245 e. The highest BCUT2D eigenvalue weighted by Crippen LogP contribution is 2.09. The maximum atomic E-state index is 11.5. The normalized spacial score (nSPS) is 10.7. The number of benzene rings is 1. The van der Waals surface area contributed by atoms with E-state index in [-0.39, 0.29) is 5.91 Å². The monoisotopic (exact) mass is 322 g/mol. The van der Waals surface area contributed by atoms with Crippen LogP contribution in [0.4, 0.5) is 0 Å². The van der Waals surface area contributed by atoms with Gasteiger partial charge in [0.25, 0.3) is 0 Å². The molecular weight excluding hydrogens is 312 g/mol. The van der Waals surface area contributed by atoms with Gasteiger partial charge in [0, 0.05) is 9.35 Å². The highest BCUT2D eigenvalue weighted by molar-refractivity contribution is 9.10. The van der Waals surface area contributed by atoms with Crippen LogP contribution >= 0.6 is 27.3 Å². The second-order valence-electron chi connectivity index (χ2n) is 3.60. The number of nitrogens with zero attached hydrogens (tertiary/aromatic N) is 1. The fourth-order valence-corrected chi connectivity index (χ4v) is 2.31. The van der Waals surface area contributed by atoms with E-state index in [0.717, 1.165) is 14.9 Å². The number of amides is 1. The molecular formula is C13H11BrN2OS. The standard InChI is InChI=1S/C13H11BrN2OS/c14-11-5-3-10(4-6-11)9-15-16-13(17)8-12-2-1-7-18-12/h1-7,9H,8H2,(H,16,17)/b15-9+. The molecule has 1 aromatic heterocycles. The number of rotatable bonds is 4. The number of hydrogen-bond acceptors (Lipinski definition) is 3. The van der Waals surface area contributed by atoms with Crippen molar-refractivity contribution < 1.29 is 4.79 Å². The van der Waals surface area contributed by atoms with Crippen LogP contribution in [-0.4, -0.2) is 12.1 Å². The van der Waals surface area contributed by atoms with E-state index in [0.29, 0.717) is 6.42 Å². The molecule has 0 saturated carbocycles. The van der Waals surface area contributed by atoms with Gasteiger partial charge in [-0.2, -0.15) is 5.10 Å².